The molecule has 0 bridgehead atoms. The molecule has 0 radical (unpaired) electrons. The number of carbonyl (C=O) groups excluding carboxylic acids is 1. The minimum atomic E-state index is 0.126. The molecule has 5 nitrogen and oxygen atoms in total. The number of hydrogen-bond donors (Lipinski definition) is 0. The predicted octanol–water partition coefficient (Wildman–Crippen LogP) is 7.70. The van der Waals surface area contributed by atoms with E-state index in [0.29, 0.717) is 6.04 Å². The van der Waals surface area contributed by atoms with Crippen molar-refractivity contribution < 1.29 is 4.79 Å². The Labute approximate surface area is 294 Å². The third-order valence-corrected chi connectivity index (χ3v) is 11.1. The van der Waals surface area contributed by atoms with E-state index >= 15 is 0 Å². The van der Waals surface area contributed by atoms with Crippen LogP contribution < -0.4 is 0 Å². The van der Waals surface area contributed by atoms with E-state index in [1.54, 1.807) is 6.92 Å². The summed E-state index contributed by atoms with van der Waals surface area (Å²) in [5, 5.41) is 0. The lowest BCUT2D eigenvalue weighted by Gasteiger charge is -2.39. The second-order valence-corrected chi connectivity index (χ2v) is 14.4. The minimum Gasteiger partial charge on any atom is -0.304 e. The van der Waals surface area contributed by atoms with E-state index in [-0.39, 0.29) is 11.8 Å². The highest BCUT2D eigenvalue weighted by Crippen LogP contribution is 2.42. The lowest BCUT2D eigenvalue weighted by molar-refractivity contribution is -0.111. The molecule has 48 heavy (non-hydrogen) atoms. The molecule has 4 aliphatic rings. The molecule has 4 aromatic carbocycles. The van der Waals surface area contributed by atoms with E-state index in [4.69, 9.17) is 0 Å². The van der Waals surface area contributed by atoms with Crippen LogP contribution >= 0.6 is 15.9 Å². The van der Waals surface area contributed by atoms with Gasteiger partial charge in [-0.15, -0.1) is 0 Å². The molecule has 2 aliphatic carbocycles. The standard InChI is InChI=1S/C22H24N2O.C20H21BrN2/c1-16(25)21-15-17-7-3-4-8-18(17)22(20-10-6-5-9-19(20)21)24-13-11-23(2)12-14-24;1-22-10-12-23(13-11-22)20-16-7-3-2-6-15(16)14-19(21)17-8-4-5-9-18(17)20/h3-10,15,22H,11-14H2,1-2H3;2-9,14,20H,10-13H2,1H3. The van der Waals surface area contributed by atoms with Crippen molar-refractivity contribution in [2.75, 3.05) is 66.5 Å². The van der Waals surface area contributed by atoms with E-state index in [9.17, 15) is 4.79 Å². The minimum absolute atomic E-state index is 0.126. The number of rotatable bonds is 3. The number of piperazine rings is 2. The van der Waals surface area contributed by atoms with Crippen molar-refractivity contribution in [3.8, 4) is 0 Å². The van der Waals surface area contributed by atoms with Crippen LogP contribution in [0.5, 0.6) is 0 Å². The maximum atomic E-state index is 12.4. The summed E-state index contributed by atoms with van der Waals surface area (Å²) in [5.74, 6) is 0.126. The van der Waals surface area contributed by atoms with Crippen molar-refractivity contribution in [2.24, 2.45) is 0 Å². The molecule has 2 fully saturated rings. The van der Waals surface area contributed by atoms with Crippen LogP contribution in [0, 0.1) is 0 Å². The highest BCUT2D eigenvalue weighted by atomic mass is 79.9. The largest absolute Gasteiger partial charge is 0.304 e. The zero-order valence-corrected chi connectivity index (χ0v) is 29.9. The molecule has 0 aromatic heterocycles. The Bertz CT molecular complexity index is 1850. The molecule has 2 saturated heterocycles. The fraction of sp³-hybridized carbons (Fsp3) is 0.310. The zero-order chi connectivity index (χ0) is 33.2. The van der Waals surface area contributed by atoms with Gasteiger partial charge in [-0.2, -0.15) is 0 Å². The first-order valence-electron chi connectivity index (χ1n) is 17.2. The molecular formula is C42H45BrN4O. The molecule has 246 valence electrons. The number of ketones is 1. The number of likely N-dealkylation sites (N-methyl/N-ethyl adjacent to an activating group) is 2. The van der Waals surface area contributed by atoms with Crippen LogP contribution in [0.2, 0.25) is 0 Å². The van der Waals surface area contributed by atoms with Crippen molar-refractivity contribution in [1.29, 1.82) is 0 Å². The molecule has 2 heterocycles. The van der Waals surface area contributed by atoms with Gasteiger partial charge in [0.25, 0.3) is 0 Å². The Kier molecular flexibility index (Phi) is 9.90. The Morgan fingerprint density at radius 2 is 0.938 bits per heavy atom. The average Bonchev–Trinajstić information content (AvgIpc) is 3.34. The van der Waals surface area contributed by atoms with Crippen molar-refractivity contribution in [3.05, 3.63) is 142 Å². The Hall–Kier alpha value is -3.65. The van der Waals surface area contributed by atoms with Gasteiger partial charge in [0.2, 0.25) is 0 Å². The summed E-state index contributed by atoms with van der Waals surface area (Å²) in [6, 6.07) is 35.1. The van der Waals surface area contributed by atoms with Crippen LogP contribution in [0.4, 0.5) is 0 Å². The van der Waals surface area contributed by atoms with Gasteiger partial charge < -0.3 is 9.80 Å². The number of nitrogens with zero attached hydrogens (tertiary/aromatic N) is 4. The molecule has 2 unspecified atom stereocenters. The van der Waals surface area contributed by atoms with Gasteiger partial charge in [0, 0.05) is 62.4 Å². The van der Waals surface area contributed by atoms with Crippen LogP contribution in [0.25, 0.3) is 22.2 Å². The summed E-state index contributed by atoms with van der Waals surface area (Å²) in [6.45, 7) is 10.4. The van der Waals surface area contributed by atoms with E-state index in [1.165, 1.54) is 37.9 Å². The third-order valence-electron chi connectivity index (χ3n) is 10.4. The van der Waals surface area contributed by atoms with Crippen LogP contribution in [0.3, 0.4) is 0 Å². The first-order chi connectivity index (χ1) is 23.4. The molecular weight excluding hydrogens is 656 g/mol. The van der Waals surface area contributed by atoms with Gasteiger partial charge in [-0.3, -0.25) is 14.6 Å². The summed E-state index contributed by atoms with van der Waals surface area (Å²) >= 11 is 3.80. The monoisotopic (exact) mass is 700 g/mol. The highest BCUT2D eigenvalue weighted by molar-refractivity contribution is 9.15. The van der Waals surface area contributed by atoms with Gasteiger partial charge in [0.05, 0.1) is 12.1 Å². The maximum Gasteiger partial charge on any atom is 0.160 e. The molecule has 2 atom stereocenters. The summed E-state index contributed by atoms with van der Waals surface area (Å²) in [7, 11) is 4.40. The molecule has 0 amide bonds. The van der Waals surface area contributed by atoms with Crippen LogP contribution in [-0.4, -0.2) is 91.8 Å². The fourth-order valence-corrected chi connectivity index (χ4v) is 8.34. The first-order valence-corrected chi connectivity index (χ1v) is 18.0. The lowest BCUT2D eigenvalue weighted by Crippen LogP contribution is -2.46. The summed E-state index contributed by atoms with van der Waals surface area (Å²) in [4.78, 5) is 22.4. The quantitative estimate of drug-likeness (QED) is 0.219. The van der Waals surface area contributed by atoms with Gasteiger partial charge in [0.15, 0.2) is 5.78 Å². The second kappa shape index (κ2) is 14.5. The third kappa shape index (κ3) is 6.65. The van der Waals surface area contributed by atoms with Crippen molar-refractivity contribution >= 4 is 43.9 Å². The molecule has 2 aliphatic heterocycles. The number of carbonyl (C=O) groups is 1. The molecule has 0 N–H and O–H groups in total. The number of halogens is 1. The van der Waals surface area contributed by atoms with Crippen LogP contribution in [0.15, 0.2) is 97.1 Å². The van der Waals surface area contributed by atoms with Gasteiger partial charge in [-0.25, -0.2) is 0 Å². The van der Waals surface area contributed by atoms with Crippen LogP contribution in [-0.2, 0) is 4.79 Å². The van der Waals surface area contributed by atoms with Crippen LogP contribution in [0.1, 0.15) is 63.5 Å². The van der Waals surface area contributed by atoms with E-state index in [2.05, 4.69) is 153 Å². The number of fused-ring (bicyclic) bond motifs is 4. The SMILES string of the molecule is CC(=O)C1=Cc2ccccc2C(N2CCN(C)CC2)c2ccccc21.CN1CCN(C2c3ccccc3C=C(Br)c3ccccc32)CC1. The summed E-state index contributed by atoms with van der Waals surface area (Å²) in [6.07, 6.45) is 4.34. The van der Waals surface area contributed by atoms with E-state index in [0.717, 1.165) is 69.1 Å². The normalized spacial score (nSPS) is 21.5. The Balaban J connectivity index is 0.000000152. The number of Topliss-reactive ketones (excluding diaryl/α,β-unsaturated/α-hetero) is 1. The smallest absolute Gasteiger partial charge is 0.160 e. The Morgan fingerprint density at radius 3 is 1.44 bits per heavy atom. The number of hydrogen-bond acceptors (Lipinski definition) is 5. The van der Waals surface area contributed by atoms with Gasteiger partial charge in [-0.1, -0.05) is 113 Å². The predicted molar refractivity (Wildman–Crippen MR) is 203 cm³/mol. The molecule has 8 rings (SSSR count). The van der Waals surface area contributed by atoms with E-state index < -0.39 is 0 Å². The van der Waals surface area contributed by atoms with Gasteiger partial charge in [-0.05, 0) is 77.7 Å². The number of allylic oxidation sites excluding steroid dienone is 1. The van der Waals surface area contributed by atoms with E-state index in [1.807, 2.05) is 6.07 Å². The van der Waals surface area contributed by atoms with Crippen molar-refractivity contribution in [2.45, 2.75) is 19.0 Å². The topological polar surface area (TPSA) is 30.0 Å². The summed E-state index contributed by atoms with van der Waals surface area (Å²) < 4.78 is 1.18. The fourth-order valence-electron chi connectivity index (χ4n) is 7.74. The molecule has 0 spiro atoms. The van der Waals surface area contributed by atoms with Gasteiger partial charge >= 0.3 is 0 Å². The maximum absolute atomic E-state index is 12.4. The zero-order valence-electron chi connectivity index (χ0n) is 28.3. The first kappa shape index (κ1) is 32.9. The molecule has 6 heteroatoms. The van der Waals surface area contributed by atoms with Gasteiger partial charge in [0.1, 0.15) is 0 Å². The van der Waals surface area contributed by atoms with Crippen molar-refractivity contribution in [3.63, 3.8) is 0 Å². The van der Waals surface area contributed by atoms with Crippen molar-refractivity contribution in [1.82, 2.24) is 19.6 Å². The highest BCUT2D eigenvalue weighted by Gasteiger charge is 2.32. The molecule has 0 saturated carbocycles. The second-order valence-electron chi connectivity index (χ2n) is 13.5. The Morgan fingerprint density at radius 1 is 0.542 bits per heavy atom. The molecule has 4 aromatic rings. The average molecular weight is 702 g/mol. The lowest BCUT2D eigenvalue weighted by atomic mass is 9.90. The number of benzene rings is 4. The summed E-state index contributed by atoms with van der Waals surface area (Å²) in [5.41, 5.74) is 11.1.